The first kappa shape index (κ1) is 14.5. The summed E-state index contributed by atoms with van der Waals surface area (Å²) < 4.78 is 0. The Labute approximate surface area is 107 Å². The molecule has 1 atom stereocenters. The Hall–Kier alpha value is -0.560. The zero-order valence-corrected chi connectivity index (χ0v) is 11.5. The summed E-state index contributed by atoms with van der Waals surface area (Å²) in [5.74, 6) is 0. The van der Waals surface area contributed by atoms with Gasteiger partial charge in [0.05, 0.1) is 6.10 Å². The molecule has 1 fully saturated rings. The molecule has 0 aliphatic heterocycles. The number of aliphatic hydroxyl groups excluding tert-OH is 1. The minimum absolute atomic E-state index is 0.257. The topological polar surface area (TPSA) is 20.2 Å². The van der Waals surface area contributed by atoms with Crippen LogP contribution in [0.2, 0.25) is 0 Å². The van der Waals surface area contributed by atoms with E-state index in [1.807, 2.05) is 0 Å². The van der Waals surface area contributed by atoms with Gasteiger partial charge in [0.25, 0.3) is 0 Å². The molecule has 0 amide bonds. The Kier molecular flexibility index (Phi) is 7.27. The average molecular weight is 236 g/mol. The van der Waals surface area contributed by atoms with Crippen LogP contribution in [0, 0.1) is 0 Å². The van der Waals surface area contributed by atoms with Gasteiger partial charge in [-0.2, -0.15) is 0 Å². The number of aliphatic hydroxyl groups is 1. The molecule has 1 rings (SSSR count). The lowest BCUT2D eigenvalue weighted by molar-refractivity contribution is 0.254. The van der Waals surface area contributed by atoms with Crippen LogP contribution >= 0.6 is 0 Å². The van der Waals surface area contributed by atoms with E-state index >= 15 is 0 Å². The molecular formula is C16H28O. The van der Waals surface area contributed by atoms with Gasteiger partial charge in [0, 0.05) is 0 Å². The normalized spacial score (nSPS) is 25.0. The van der Waals surface area contributed by atoms with E-state index in [4.69, 9.17) is 0 Å². The van der Waals surface area contributed by atoms with Crippen molar-refractivity contribution in [1.82, 2.24) is 0 Å². The van der Waals surface area contributed by atoms with Gasteiger partial charge in [0.1, 0.15) is 0 Å². The summed E-state index contributed by atoms with van der Waals surface area (Å²) in [6, 6.07) is 0. The van der Waals surface area contributed by atoms with E-state index in [1.165, 1.54) is 43.3 Å². The van der Waals surface area contributed by atoms with Crippen molar-refractivity contribution in [3.8, 4) is 0 Å². The number of hydrogen-bond acceptors (Lipinski definition) is 1. The van der Waals surface area contributed by atoms with Crippen LogP contribution in [0.5, 0.6) is 0 Å². The monoisotopic (exact) mass is 236 g/mol. The third kappa shape index (κ3) is 5.08. The van der Waals surface area contributed by atoms with Crippen molar-refractivity contribution < 1.29 is 5.11 Å². The lowest BCUT2D eigenvalue weighted by Crippen LogP contribution is -2.05. The number of rotatable bonds is 7. The van der Waals surface area contributed by atoms with Gasteiger partial charge in [-0.3, -0.25) is 0 Å². The van der Waals surface area contributed by atoms with Gasteiger partial charge in [0.2, 0.25) is 0 Å². The molecular weight excluding hydrogens is 208 g/mol. The minimum Gasteiger partial charge on any atom is -0.384 e. The molecule has 1 aliphatic rings. The summed E-state index contributed by atoms with van der Waals surface area (Å²) in [7, 11) is 0. The molecule has 98 valence electrons. The van der Waals surface area contributed by atoms with Crippen LogP contribution in [0.1, 0.15) is 71.6 Å². The van der Waals surface area contributed by atoms with Crippen LogP contribution in [0.4, 0.5) is 0 Å². The molecule has 1 N–H and O–H groups in total. The fourth-order valence-electron chi connectivity index (χ4n) is 2.42. The second-order valence-electron chi connectivity index (χ2n) is 5.10. The van der Waals surface area contributed by atoms with Crippen LogP contribution in [-0.2, 0) is 0 Å². The average Bonchev–Trinajstić information content (AvgIpc) is 2.68. The first-order valence-corrected chi connectivity index (χ1v) is 7.35. The van der Waals surface area contributed by atoms with Crippen molar-refractivity contribution in [2.24, 2.45) is 0 Å². The zero-order valence-electron chi connectivity index (χ0n) is 11.5. The van der Waals surface area contributed by atoms with Crippen molar-refractivity contribution in [3.63, 3.8) is 0 Å². The fraction of sp³-hybridized carbons (Fsp3) is 0.750. The molecule has 0 heterocycles. The van der Waals surface area contributed by atoms with E-state index in [-0.39, 0.29) is 6.10 Å². The quantitative estimate of drug-likeness (QED) is 0.499. The van der Waals surface area contributed by atoms with Crippen molar-refractivity contribution >= 4 is 0 Å². The molecule has 1 unspecified atom stereocenters. The summed E-state index contributed by atoms with van der Waals surface area (Å²) >= 11 is 0. The highest BCUT2D eigenvalue weighted by Gasteiger charge is 2.22. The van der Waals surface area contributed by atoms with Crippen molar-refractivity contribution in [3.05, 3.63) is 23.3 Å². The first-order chi connectivity index (χ1) is 8.29. The Morgan fingerprint density at radius 1 is 0.941 bits per heavy atom. The molecule has 1 saturated carbocycles. The number of unbranched alkanes of at least 4 members (excludes halogenated alkanes) is 5. The number of allylic oxidation sites excluding steroid dienone is 2. The maximum atomic E-state index is 10.1. The lowest BCUT2D eigenvalue weighted by atomic mass is 10.1. The number of hydrogen-bond donors (Lipinski definition) is 1. The Balaban J connectivity index is 2.33. The van der Waals surface area contributed by atoms with E-state index in [2.05, 4.69) is 26.0 Å². The summed E-state index contributed by atoms with van der Waals surface area (Å²) in [6.07, 6.45) is 15.1. The molecule has 1 nitrogen and oxygen atoms in total. The van der Waals surface area contributed by atoms with Crippen LogP contribution in [-0.4, -0.2) is 11.2 Å². The minimum atomic E-state index is -0.257. The third-order valence-electron chi connectivity index (χ3n) is 3.56. The van der Waals surface area contributed by atoms with Gasteiger partial charge in [0.15, 0.2) is 0 Å². The van der Waals surface area contributed by atoms with Gasteiger partial charge in [-0.1, -0.05) is 51.7 Å². The Bertz CT molecular complexity index is 263. The van der Waals surface area contributed by atoms with Gasteiger partial charge < -0.3 is 5.11 Å². The van der Waals surface area contributed by atoms with E-state index in [1.54, 1.807) is 0 Å². The molecule has 1 heteroatoms. The molecule has 0 aromatic carbocycles. The predicted octanol–water partition coefficient (Wildman–Crippen LogP) is 4.76. The Morgan fingerprint density at radius 2 is 1.59 bits per heavy atom. The molecule has 0 spiro atoms. The summed E-state index contributed by atoms with van der Waals surface area (Å²) in [6.45, 7) is 4.42. The van der Waals surface area contributed by atoms with Crippen LogP contribution in [0.15, 0.2) is 23.3 Å². The maximum Gasteiger partial charge on any atom is 0.0961 e. The van der Waals surface area contributed by atoms with E-state index < -0.39 is 0 Å². The Morgan fingerprint density at radius 3 is 2.18 bits per heavy atom. The van der Waals surface area contributed by atoms with Crippen LogP contribution in [0.3, 0.4) is 0 Å². The highest BCUT2D eigenvalue weighted by Crippen LogP contribution is 2.31. The molecule has 0 saturated heterocycles. The van der Waals surface area contributed by atoms with Gasteiger partial charge >= 0.3 is 0 Å². The smallest absolute Gasteiger partial charge is 0.0961 e. The van der Waals surface area contributed by atoms with Crippen LogP contribution < -0.4 is 0 Å². The SMILES string of the molecule is CCCC=C1CCC(=CCCCCCC)C1O. The second-order valence-corrected chi connectivity index (χ2v) is 5.10. The highest BCUT2D eigenvalue weighted by atomic mass is 16.3. The maximum absolute atomic E-state index is 10.1. The fourth-order valence-corrected chi connectivity index (χ4v) is 2.42. The van der Waals surface area contributed by atoms with E-state index in [9.17, 15) is 5.11 Å². The van der Waals surface area contributed by atoms with Crippen molar-refractivity contribution in [1.29, 1.82) is 0 Å². The molecule has 1 aliphatic carbocycles. The molecule has 0 aromatic rings. The van der Waals surface area contributed by atoms with E-state index in [0.29, 0.717) is 0 Å². The summed E-state index contributed by atoms with van der Waals surface area (Å²) in [4.78, 5) is 0. The second kappa shape index (κ2) is 8.52. The summed E-state index contributed by atoms with van der Waals surface area (Å²) in [5, 5.41) is 10.1. The molecule has 0 radical (unpaired) electrons. The summed E-state index contributed by atoms with van der Waals surface area (Å²) in [5.41, 5.74) is 2.52. The van der Waals surface area contributed by atoms with Crippen molar-refractivity contribution in [2.75, 3.05) is 0 Å². The third-order valence-corrected chi connectivity index (χ3v) is 3.56. The van der Waals surface area contributed by atoms with Gasteiger partial charge in [-0.05, 0) is 43.3 Å². The van der Waals surface area contributed by atoms with Gasteiger partial charge in [-0.15, -0.1) is 0 Å². The van der Waals surface area contributed by atoms with Crippen LogP contribution in [0.25, 0.3) is 0 Å². The van der Waals surface area contributed by atoms with Crippen molar-refractivity contribution in [2.45, 2.75) is 77.7 Å². The lowest BCUT2D eigenvalue weighted by Gasteiger charge is -2.06. The zero-order chi connectivity index (χ0) is 12.5. The largest absolute Gasteiger partial charge is 0.384 e. The van der Waals surface area contributed by atoms with E-state index in [0.717, 1.165) is 25.7 Å². The molecule has 17 heavy (non-hydrogen) atoms. The first-order valence-electron chi connectivity index (χ1n) is 7.35. The standard InChI is InChI=1S/C16H28O/c1-3-5-7-8-9-11-15-13-12-14(16(15)17)10-6-4-2/h10-11,16-17H,3-9,12-13H2,1-2H3. The molecule has 0 aromatic heterocycles. The predicted molar refractivity (Wildman–Crippen MR) is 75.1 cm³/mol. The highest BCUT2D eigenvalue weighted by molar-refractivity contribution is 5.30. The molecule has 0 bridgehead atoms. The van der Waals surface area contributed by atoms with Gasteiger partial charge in [-0.25, -0.2) is 0 Å².